The average molecular weight is 228 g/mol. The van der Waals surface area contributed by atoms with Crippen molar-refractivity contribution in [2.24, 2.45) is 5.92 Å². The zero-order valence-electron chi connectivity index (χ0n) is 10.0. The first-order valence-electron chi connectivity index (χ1n) is 6.36. The van der Waals surface area contributed by atoms with E-state index in [9.17, 15) is 0 Å². The molecule has 1 aliphatic heterocycles. The summed E-state index contributed by atoms with van der Waals surface area (Å²) in [5, 5.41) is 0. The Hall–Kier alpha value is 0.270. The molecule has 0 aromatic carbocycles. The van der Waals surface area contributed by atoms with Crippen molar-refractivity contribution >= 4 is 12.8 Å². The zero-order chi connectivity index (χ0) is 10.8. The summed E-state index contributed by atoms with van der Waals surface area (Å²) >= 11 is 4.34. The normalized spacial score (nSPS) is 34.4. The molecule has 0 N–H and O–H groups in total. The molecule has 0 unspecified atom stereocenters. The number of hydrogen-bond donors (Lipinski definition) is 1. The Labute approximate surface area is 99.6 Å². The molecule has 0 aromatic heterocycles. The maximum Gasteiger partial charge on any atom is 0.0368 e. The lowest BCUT2D eigenvalue weighted by molar-refractivity contribution is 0.0573. The highest BCUT2D eigenvalue weighted by molar-refractivity contribution is 7.77. The minimum Gasteiger partial charge on any atom is -0.298 e. The topological polar surface area (TPSA) is 6.48 Å². The Morgan fingerprint density at radius 3 is 2.20 bits per heavy atom. The molecule has 0 atom stereocenters. The molecule has 2 fully saturated rings. The van der Waals surface area contributed by atoms with Crippen molar-refractivity contribution in [3.8, 4) is 0 Å². The van der Waals surface area contributed by atoms with Crippen LogP contribution >= 0.6 is 12.8 Å². The maximum absolute atomic E-state index is 4.34. The van der Waals surface area contributed by atoms with Gasteiger partial charge in [0.2, 0.25) is 0 Å². The van der Waals surface area contributed by atoms with Gasteiger partial charge in [0.15, 0.2) is 0 Å². The molecule has 1 heterocycles. The van der Waals surface area contributed by atoms with E-state index in [2.05, 4.69) is 36.0 Å². The molecule has 15 heavy (non-hydrogen) atoms. The molecule has 0 amide bonds. The van der Waals surface area contributed by atoms with Gasteiger partial charge in [-0.2, -0.15) is 0 Å². The lowest BCUT2D eigenvalue weighted by Crippen LogP contribution is -2.57. The Bertz CT molecular complexity index is 196. The fourth-order valence-electron chi connectivity index (χ4n) is 2.95. The van der Waals surface area contributed by atoms with Crippen LogP contribution in [0.15, 0.2) is 0 Å². The van der Waals surface area contributed by atoms with E-state index >= 15 is 0 Å². The highest BCUT2D eigenvalue weighted by atomic mass is 32.1. The van der Waals surface area contributed by atoms with Gasteiger partial charge >= 0.3 is 0 Å². The van der Waals surface area contributed by atoms with Gasteiger partial charge in [0.25, 0.3) is 0 Å². The van der Waals surface area contributed by atoms with E-state index in [-0.39, 0.29) is 0 Å². The Balaban J connectivity index is 1.75. The molecule has 88 valence electrons. The van der Waals surface area contributed by atoms with Crippen molar-refractivity contribution in [3.63, 3.8) is 0 Å². The van der Waals surface area contributed by atoms with Crippen molar-refractivity contribution < 1.29 is 0 Å². The fourth-order valence-corrected chi connectivity index (χ4v) is 3.33. The first-order chi connectivity index (χ1) is 7.20. The Kier molecular flexibility index (Phi) is 3.97. The van der Waals surface area contributed by atoms with E-state index in [1.807, 2.05) is 0 Å². The molecule has 1 saturated heterocycles. The number of rotatable bonds is 3. The summed E-state index contributed by atoms with van der Waals surface area (Å²) in [5.74, 6) is 1.01. The second kappa shape index (κ2) is 5.07. The summed E-state index contributed by atoms with van der Waals surface area (Å²) in [4.78, 5) is 2.61. The van der Waals surface area contributed by atoms with Gasteiger partial charge in [-0.05, 0) is 38.6 Å². The SMILES string of the molecule is CC[C@H]1CC[C@@H](N(C)C2CN(S)C2)CC1. The zero-order valence-corrected chi connectivity index (χ0v) is 10.9. The maximum atomic E-state index is 4.34. The van der Waals surface area contributed by atoms with Crippen LogP contribution in [-0.4, -0.2) is 41.4 Å². The van der Waals surface area contributed by atoms with Crippen molar-refractivity contribution in [3.05, 3.63) is 0 Å². The molecule has 0 spiro atoms. The van der Waals surface area contributed by atoms with Crippen LogP contribution in [0.4, 0.5) is 0 Å². The number of hydrogen-bond acceptors (Lipinski definition) is 3. The molecular formula is C12H24N2S. The van der Waals surface area contributed by atoms with E-state index in [4.69, 9.17) is 0 Å². The van der Waals surface area contributed by atoms with Crippen molar-refractivity contribution in [1.82, 2.24) is 9.21 Å². The quantitative estimate of drug-likeness (QED) is 0.741. The van der Waals surface area contributed by atoms with Crippen LogP contribution in [0.5, 0.6) is 0 Å². The van der Waals surface area contributed by atoms with Crippen LogP contribution in [0.25, 0.3) is 0 Å². The number of likely N-dealkylation sites (N-methyl/N-ethyl adjacent to an activating group) is 1. The third-order valence-electron chi connectivity index (χ3n) is 4.39. The van der Waals surface area contributed by atoms with E-state index in [0.717, 1.165) is 31.1 Å². The molecule has 1 saturated carbocycles. The Morgan fingerprint density at radius 1 is 1.13 bits per heavy atom. The lowest BCUT2D eigenvalue weighted by atomic mass is 9.83. The minimum atomic E-state index is 0.769. The van der Waals surface area contributed by atoms with Gasteiger partial charge in [0, 0.05) is 25.2 Å². The summed E-state index contributed by atoms with van der Waals surface area (Å²) in [6, 6.07) is 1.62. The van der Waals surface area contributed by atoms with Gasteiger partial charge in [-0.1, -0.05) is 26.2 Å². The lowest BCUT2D eigenvalue weighted by Gasteiger charge is -2.46. The van der Waals surface area contributed by atoms with E-state index in [0.29, 0.717) is 0 Å². The molecule has 2 nitrogen and oxygen atoms in total. The third kappa shape index (κ3) is 2.69. The van der Waals surface area contributed by atoms with E-state index in [1.165, 1.54) is 32.1 Å². The smallest absolute Gasteiger partial charge is 0.0368 e. The molecule has 0 aromatic rings. The van der Waals surface area contributed by atoms with Gasteiger partial charge in [0.05, 0.1) is 0 Å². The Morgan fingerprint density at radius 2 is 1.73 bits per heavy atom. The highest BCUT2D eigenvalue weighted by Gasteiger charge is 2.33. The molecule has 1 aliphatic carbocycles. The number of thiol groups is 1. The monoisotopic (exact) mass is 228 g/mol. The van der Waals surface area contributed by atoms with Crippen LogP contribution < -0.4 is 0 Å². The molecule has 2 aliphatic rings. The second-order valence-electron chi connectivity index (χ2n) is 5.27. The second-order valence-corrected chi connectivity index (χ2v) is 5.84. The molecule has 2 rings (SSSR count). The first-order valence-corrected chi connectivity index (χ1v) is 6.76. The summed E-state index contributed by atoms with van der Waals surface area (Å²) in [6.07, 6.45) is 7.10. The van der Waals surface area contributed by atoms with Crippen LogP contribution in [-0.2, 0) is 0 Å². The minimum absolute atomic E-state index is 0.769. The van der Waals surface area contributed by atoms with Crippen LogP contribution in [0.3, 0.4) is 0 Å². The largest absolute Gasteiger partial charge is 0.298 e. The van der Waals surface area contributed by atoms with Gasteiger partial charge in [-0.15, -0.1) is 0 Å². The third-order valence-corrected chi connectivity index (χ3v) is 4.72. The van der Waals surface area contributed by atoms with Crippen molar-refractivity contribution in [2.45, 2.75) is 51.1 Å². The summed E-state index contributed by atoms with van der Waals surface area (Å²) in [6.45, 7) is 4.63. The molecule has 0 bridgehead atoms. The highest BCUT2D eigenvalue weighted by Crippen LogP contribution is 2.31. The summed E-state index contributed by atoms with van der Waals surface area (Å²) in [7, 11) is 2.31. The molecule has 0 radical (unpaired) electrons. The fraction of sp³-hybridized carbons (Fsp3) is 1.00. The van der Waals surface area contributed by atoms with Gasteiger partial charge in [-0.3, -0.25) is 9.21 Å². The predicted molar refractivity (Wildman–Crippen MR) is 68.1 cm³/mol. The standard InChI is InChI=1S/C12H24N2S/c1-3-10-4-6-11(7-5-10)13(2)12-8-14(15)9-12/h10-12,15H,3-9H2,1-2H3/t10-,11+. The molecular weight excluding hydrogens is 204 g/mol. The number of nitrogens with zero attached hydrogens (tertiary/aromatic N) is 2. The van der Waals surface area contributed by atoms with Crippen molar-refractivity contribution in [1.29, 1.82) is 0 Å². The van der Waals surface area contributed by atoms with E-state index in [1.54, 1.807) is 0 Å². The summed E-state index contributed by atoms with van der Waals surface area (Å²) < 4.78 is 2.11. The first kappa shape index (κ1) is 11.7. The van der Waals surface area contributed by atoms with Gasteiger partial charge < -0.3 is 0 Å². The van der Waals surface area contributed by atoms with Crippen LogP contribution in [0, 0.1) is 5.92 Å². The molecule has 3 heteroatoms. The van der Waals surface area contributed by atoms with Crippen LogP contribution in [0.1, 0.15) is 39.0 Å². The van der Waals surface area contributed by atoms with E-state index < -0.39 is 0 Å². The van der Waals surface area contributed by atoms with Gasteiger partial charge in [-0.25, -0.2) is 0 Å². The van der Waals surface area contributed by atoms with Crippen LogP contribution in [0.2, 0.25) is 0 Å². The average Bonchev–Trinajstić information content (AvgIpc) is 2.24. The summed E-state index contributed by atoms with van der Waals surface area (Å²) in [5.41, 5.74) is 0. The predicted octanol–water partition coefficient (Wildman–Crippen LogP) is 2.42. The van der Waals surface area contributed by atoms with Gasteiger partial charge in [0.1, 0.15) is 0 Å². The van der Waals surface area contributed by atoms with Crippen molar-refractivity contribution in [2.75, 3.05) is 20.1 Å².